The van der Waals surface area contributed by atoms with E-state index in [2.05, 4.69) is 18.2 Å². The Bertz CT molecular complexity index is 1030. The molecule has 0 saturated carbocycles. The summed E-state index contributed by atoms with van der Waals surface area (Å²) >= 11 is 0. The van der Waals surface area contributed by atoms with E-state index in [1.165, 1.54) is 5.56 Å². The summed E-state index contributed by atoms with van der Waals surface area (Å²) in [6.45, 7) is 1.35. The number of hydrogen-bond acceptors (Lipinski definition) is 4. The lowest BCUT2D eigenvalue weighted by atomic mass is 9.83. The van der Waals surface area contributed by atoms with Crippen molar-refractivity contribution < 1.29 is 18.7 Å². The summed E-state index contributed by atoms with van der Waals surface area (Å²) in [6.07, 6.45) is 3.73. The third-order valence-electron chi connectivity index (χ3n) is 6.05. The average Bonchev–Trinajstić information content (AvgIpc) is 3.18. The molecule has 1 aromatic heterocycles. The molecule has 5 rings (SSSR count). The molecular formula is C23H23NO4. The quantitative estimate of drug-likeness (QED) is 0.662. The molecule has 0 bridgehead atoms. The minimum atomic E-state index is -0.151. The number of fused-ring (bicyclic) bond motifs is 2. The Morgan fingerprint density at radius 1 is 1.07 bits per heavy atom. The van der Waals surface area contributed by atoms with Crippen LogP contribution in [0.2, 0.25) is 0 Å². The Labute approximate surface area is 163 Å². The Morgan fingerprint density at radius 3 is 2.71 bits per heavy atom. The van der Waals surface area contributed by atoms with Gasteiger partial charge in [-0.25, -0.2) is 0 Å². The maximum Gasteiger partial charge on any atom is 0.289 e. The van der Waals surface area contributed by atoms with Crippen molar-refractivity contribution in [1.82, 2.24) is 4.90 Å². The van der Waals surface area contributed by atoms with Gasteiger partial charge in [0, 0.05) is 31.3 Å². The highest BCUT2D eigenvalue weighted by Gasteiger charge is 2.40. The third-order valence-corrected chi connectivity index (χ3v) is 6.05. The van der Waals surface area contributed by atoms with Gasteiger partial charge in [0.1, 0.15) is 11.4 Å². The smallest absolute Gasteiger partial charge is 0.289 e. The van der Waals surface area contributed by atoms with Crippen LogP contribution in [0.5, 0.6) is 11.5 Å². The van der Waals surface area contributed by atoms with Gasteiger partial charge in [0.05, 0.1) is 7.11 Å². The molecule has 0 radical (unpaired) electrons. The second-order valence-corrected chi connectivity index (χ2v) is 7.67. The normalized spacial score (nSPS) is 18.0. The van der Waals surface area contributed by atoms with Gasteiger partial charge >= 0.3 is 0 Å². The molecule has 2 aromatic carbocycles. The molecule has 1 fully saturated rings. The van der Waals surface area contributed by atoms with Gasteiger partial charge in [-0.1, -0.05) is 30.3 Å². The van der Waals surface area contributed by atoms with E-state index < -0.39 is 0 Å². The zero-order valence-corrected chi connectivity index (χ0v) is 15.9. The van der Waals surface area contributed by atoms with Crippen LogP contribution in [-0.2, 0) is 6.42 Å². The molecule has 3 aromatic rings. The summed E-state index contributed by atoms with van der Waals surface area (Å²) in [4.78, 5) is 14.9. The molecule has 0 aliphatic carbocycles. The van der Waals surface area contributed by atoms with Crippen molar-refractivity contribution in [3.8, 4) is 11.5 Å². The number of piperidine rings is 1. The van der Waals surface area contributed by atoms with Gasteiger partial charge in [-0.2, -0.15) is 0 Å². The molecule has 28 heavy (non-hydrogen) atoms. The standard InChI is InChI=1S/C23H23NO4/c1-26-19-8-4-6-17-15-20(27-21(17)19)22(25)24-13-11-23(12-14-24)10-9-16-5-2-3-7-18(16)28-23/h2-8,15H,9-14H2,1H3. The molecule has 5 heteroatoms. The van der Waals surface area contributed by atoms with Crippen LogP contribution in [0.25, 0.3) is 11.0 Å². The van der Waals surface area contributed by atoms with E-state index in [4.69, 9.17) is 13.9 Å². The van der Waals surface area contributed by atoms with Crippen molar-refractivity contribution in [3.05, 3.63) is 59.9 Å². The van der Waals surface area contributed by atoms with Crippen LogP contribution >= 0.6 is 0 Å². The van der Waals surface area contributed by atoms with Crippen molar-refractivity contribution >= 4 is 16.9 Å². The van der Waals surface area contributed by atoms with Gasteiger partial charge in [0.15, 0.2) is 17.1 Å². The van der Waals surface area contributed by atoms with Crippen LogP contribution in [0.4, 0.5) is 0 Å². The first-order valence-electron chi connectivity index (χ1n) is 9.80. The first kappa shape index (κ1) is 17.2. The number of likely N-dealkylation sites (tertiary alicyclic amines) is 1. The van der Waals surface area contributed by atoms with E-state index >= 15 is 0 Å². The average molecular weight is 377 g/mol. The topological polar surface area (TPSA) is 51.9 Å². The summed E-state index contributed by atoms with van der Waals surface area (Å²) in [5.41, 5.74) is 1.75. The summed E-state index contributed by atoms with van der Waals surface area (Å²) in [7, 11) is 1.60. The maximum absolute atomic E-state index is 13.0. The lowest BCUT2D eigenvalue weighted by Crippen LogP contribution is -2.51. The first-order valence-corrected chi connectivity index (χ1v) is 9.80. The molecule has 2 aliphatic rings. The number of rotatable bonds is 2. The third kappa shape index (κ3) is 2.82. The van der Waals surface area contributed by atoms with Crippen LogP contribution in [-0.4, -0.2) is 36.6 Å². The minimum absolute atomic E-state index is 0.0655. The van der Waals surface area contributed by atoms with E-state index in [0.717, 1.165) is 36.8 Å². The fraction of sp³-hybridized carbons (Fsp3) is 0.348. The predicted molar refractivity (Wildman–Crippen MR) is 106 cm³/mol. The van der Waals surface area contributed by atoms with Gasteiger partial charge in [-0.05, 0) is 36.6 Å². The van der Waals surface area contributed by atoms with Gasteiger partial charge in [0.2, 0.25) is 0 Å². The van der Waals surface area contributed by atoms with Gasteiger partial charge in [-0.3, -0.25) is 4.79 Å². The number of carbonyl (C=O) groups is 1. The van der Waals surface area contributed by atoms with Crippen molar-refractivity contribution in [2.45, 2.75) is 31.3 Å². The zero-order chi connectivity index (χ0) is 19.1. The number of aryl methyl sites for hydroxylation is 1. The fourth-order valence-electron chi connectivity index (χ4n) is 4.38. The number of carbonyl (C=O) groups excluding carboxylic acids is 1. The van der Waals surface area contributed by atoms with Crippen molar-refractivity contribution in [2.75, 3.05) is 20.2 Å². The van der Waals surface area contributed by atoms with Crippen molar-refractivity contribution in [1.29, 1.82) is 0 Å². The van der Waals surface area contributed by atoms with Crippen LogP contribution in [0.1, 0.15) is 35.4 Å². The number of methoxy groups -OCH3 is 1. The molecule has 1 spiro atoms. The molecule has 0 N–H and O–H groups in total. The molecule has 2 aliphatic heterocycles. The number of nitrogens with zero attached hydrogens (tertiary/aromatic N) is 1. The lowest BCUT2D eigenvalue weighted by molar-refractivity contribution is -0.0113. The first-order chi connectivity index (χ1) is 13.7. The molecule has 1 amide bonds. The number of para-hydroxylation sites is 2. The number of ether oxygens (including phenoxy) is 2. The van der Waals surface area contributed by atoms with Crippen LogP contribution in [0, 0.1) is 0 Å². The monoisotopic (exact) mass is 377 g/mol. The number of hydrogen-bond donors (Lipinski definition) is 0. The highest BCUT2D eigenvalue weighted by atomic mass is 16.5. The molecule has 144 valence electrons. The zero-order valence-electron chi connectivity index (χ0n) is 15.9. The number of amides is 1. The summed E-state index contributed by atoms with van der Waals surface area (Å²) in [5.74, 6) is 1.94. The minimum Gasteiger partial charge on any atom is -0.493 e. The molecule has 1 saturated heterocycles. The van der Waals surface area contributed by atoms with Crippen LogP contribution in [0.15, 0.2) is 52.9 Å². The molecule has 5 nitrogen and oxygen atoms in total. The fourth-order valence-corrected chi connectivity index (χ4v) is 4.38. The van der Waals surface area contributed by atoms with E-state index in [1.54, 1.807) is 13.2 Å². The second-order valence-electron chi connectivity index (χ2n) is 7.67. The maximum atomic E-state index is 13.0. The molecule has 3 heterocycles. The van der Waals surface area contributed by atoms with E-state index in [-0.39, 0.29) is 11.5 Å². The van der Waals surface area contributed by atoms with E-state index in [1.807, 2.05) is 29.2 Å². The SMILES string of the molecule is COc1cccc2cc(C(=O)N3CCC4(CCc5ccccc5O4)CC3)oc12. The molecular weight excluding hydrogens is 354 g/mol. The summed E-state index contributed by atoms with van der Waals surface area (Å²) < 4.78 is 17.6. The lowest BCUT2D eigenvalue weighted by Gasteiger charge is -2.44. The largest absolute Gasteiger partial charge is 0.493 e. The molecule has 0 unspecified atom stereocenters. The molecule has 0 atom stereocenters. The summed E-state index contributed by atoms with van der Waals surface area (Å²) in [6, 6.07) is 15.7. The second kappa shape index (κ2) is 6.59. The van der Waals surface area contributed by atoms with E-state index in [0.29, 0.717) is 30.2 Å². The highest BCUT2D eigenvalue weighted by Crippen LogP contribution is 2.39. The van der Waals surface area contributed by atoms with Crippen LogP contribution < -0.4 is 9.47 Å². The predicted octanol–water partition coefficient (Wildman–Crippen LogP) is 4.44. The van der Waals surface area contributed by atoms with Crippen molar-refractivity contribution in [3.63, 3.8) is 0 Å². The number of benzene rings is 2. The van der Waals surface area contributed by atoms with Crippen LogP contribution in [0.3, 0.4) is 0 Å². The van der Waals surface area contributed by atoms with E-state index in [9.17, 15) is 4.79 Å². The Morgan fingerprint density at radius 2 is 1.89 bits per heavy atom. The van der Waals surface area contributed by atoms with Gasteiger partial charge in [-0.15, -0.1) is 0 Å². The van der Waals surface area contributed by atoms with Crippen molar-refractivity contribution in [2.24, 2.45) is 0 Å². The Hall–Kier alpha value is -2.95. The highest BCUT2D eigenvalue weighted by molar-refractivity contribution is 5.97. The van der Waals surface area contributed by atoms with Gasteiger partial charge in [0.25, 0.3) is 5.91 Å². The van der Waals surface area contributed by atoms with Gasteiger partial charge < -0.3 is 18.8 Å². The Kier molecular flexibility index (Phi) is 4.04. The Balaban J connectivity index is 1.31. The summed E-state index contributed by atoms with van der Waals surface area (Å²) in [5, 5.41) is 0.878. The number of furan rings is 1.